The van der Waals surface area contributed by atoms with E-state index in [0.717, 1.165) is 4.90 Å². The zero-order chi connectivity index (χ0) is 21.3. The van der Waals surface area contributed by atoms with Crippen molar-refractivity contribution in [2.75, 3.05) is 10.2 Å². The molecular formula is C20H27BrN2O5. The van der Waals surface area contributed by atoms with Crippen LogP contribution in [0.1, 0.15) is 48.5 Å². The minimum atomic E-state index is -0.885. The monoisotopic (exact) mass is 454 g/mol. The summed E-state index contributed by atoms with van der Waals surface area (Å²) in [7, 11) is 0. The number of hydrogen-bond acceptors (Lipinski definition) is 6. The predicted octanol–water partition coefficient (Wildman–Crippen LogP) is 3.88. The summed E-state index contributed by atoms with van der Waals surface area (Å²) in [5, 5.41) is 5.13. The lowest BCUT2D eigenvalue weighted by Gasteiger charge is -2.27. The van der Waals surface area contributed by atoms with Crippen LogP contribution in [0.4, 0.5) is 15.4 Å². The summed E-state index contributed by atoms with van der Waals surface area (Å²) in [5.41, 5.74) is -1.54. The molecular weight excluding hydrogens is 428 g/mol. The SMILES string of the molecule is CC1(CBr)C=CC=c2onc(N(C(=O)OC(C)(C)C)C(=O)OC(C)(C)C)c2=C1. The van der Waals surface area contributed by atoms with Crippen LogP contribution in [0.3, 0.4) is 0 Å². The molecule has 1 atom stereocenters. The van der Waals surface area contributed by atoms with Gasteiger partial charge in [-0.3, -0.25) is 0 Å². The summed E-state index contributed by atoms with van der Waals surface area (Å²) < 4.78 is 16.2. The van der Waals surface area contributed by atoms with Crippen LogP contribution in [-0.4, -0.2) is 33.9 Å². The Kier molecular flexibility index (Phi) is 6.13. The zero-order valence-corrected chi connectivity index (χ0v) is 18.9. The first-order valence-electron chi connectivity index (χ1n) is 8.95. The van der Waals surface area contributed by atoms with Crippen molar-refractivity contribution in [2.24, 2.45) is 5.41 Å². The second kappa shape index (κ2) is 7.73. The summed E-state index contributed by atoms with van der Waals surface area (Å²) >= 11 is 3.50. The van der Waals surface area contributed by atoms with E-state index in [1.807, 2.05) is 25.2 Å². The highest BCUT2D eigenvalue weighted by Crippen LogP contribution is 2.25. The normalized spacial score (nSPS) is 19.0. The Bertz CT molecular complexity index is 876. The molecule has 8 heteroatoms. The summed E-state index contributed by atoms with van der Waals surface area (Å²) in [5.74, 6) is 0.0330. The zero-order valence-electron chi connectivity index (χ0n) is 17.3. The van der Waals surface area contributed by atoms with Crippen LogP contribution in [0.2, 0.25) is 0 Å². The van der Waals surface area contributed by atoms with E-state index in [-0.39, 0.29) is 11.2 Å². The van der Waals surface area contributed by atoms with Crippen LogP contribution in [0.15, 0.2) is 16.7 Å². The topological polar surface area (TPSA) is 81.9 Å². The number of nitrogens with zero attached hydrogens (tertiary/aromatic N) is 2. The molecule has 2 amide bonds. The highest BCUT2D eigenvalue weighted by molar-refractivity contribution is 9.09. The maximum atomic E-state index is 12.9. The molecule has 2 rings (SSSR count). The van der Waals surface area contributed by atoms with Crippen LogP contribution >= 0.6 is 15.9 Å². The van der Waals surface area contributed by atoms with Crippen molar-refractivity contribution in [3.63, 3.8) is 0 Å². The third-order valence-electron chi connectivity index (χ3n) is 3.59. The molecule has 0 saturated carbocycles. The fourth-order valence-electron chi connectivity index (χ4n) is 2.40. The second-order valence-corrected chi connectivity index (χ2v) is 9.45. The van der Waals surface area contributed by atoms with Gasteiger partial charge in [-0.05, 0) is 47.6 Å². The van der Waals surface area contributed by atoms with Gasteiger partial charge < -0.3 is 14.0 Å². The smallest absolute Gasteiger partial charge is 0.425 e. The van der Waals surface area contributed by atoms with E-state index >= 15 is 0 Å². The quantitative estimate of drug-likeness (QED) is 0.630. The molecule has 0 bridgehead atoms. The van der Waals surface area contributed by atoms with Gasteiger partial charge in [-0.25, -0.2) is 9.59 Å². The Hall–Kier alpha value is -2.09. The molecule has 1 aromatic rings. The largest absolute Gasteiger partial charge is 0.443 e. The fourth-order valence-corrected chi connectivity index (χ4v) is 2.75. The van der Waals surface area contributed by atoms with Crippen molar-refractivity contribution >= 4 is 46.1 Å². The number of fused-ring (bicyclic) bond motifs is 1. The first-order valence-corrected chi connectivity index (χ1v) is 10.1. The number of anilines is 1. The van der Waals surface area contributed by atoms with Crippen molar-refractivity contribution in [1.29, 1.82) is 0 Å². The molecule has 0 N–H and O–H groups in total. The van der Waals surface area contributed by atoms with Gasteiger partial charge in [0.2, 0.25) is 0 Å². The molecule has 0 aromatic carbocycles. The van der Waals surface area contributed by atoms with Gasteiger partial charge in [0, 0.05) is 10.7 Å². The van der Waals surface area contributed by atoms with E-state index in [1.54, 1.807) is 47.6 Å². The lowest BCUT2D eigenvalue weighted by molar-refractivity contribution is 0.0427. The average molecular weight is 455 g/mol. The van der Waals surface area contributed by atoms with E-state index < -0.39 is 23.4 Å². The highest BCUT2D eigenvalue weighted by Gasteiger charge is 2.36. The summed E-state index contributed by atoms with van der Waals surface area (Å²) in [6.45, 7) is 12.3. The number of aromatic nitrogens is 1. The van der Waals surface area contributed by atoms with E-state index in [1.165, 1.54) is 0 Å². The Morgan fingerprint density at radius 2 is 1.68 bits per heavy atom. The summed E-state index contributed by atoms with van der Waals surface area (Å²) in [4.78, 5) is 26.5. The standard InChI is InChI=1S/C20H27BrN2O5/c1-18(2,3)26-16(24)23(17(25)27-19(4,5)6)15-13-11-20(7,12-21)10-8-9-14(13)28-22-15/h8-11H,12H2,1-7H3. The fraction of sp³-hybridized carbons (Fsp3) is 0.550. The van der Waals surface area contributed by atoms with Gasteiger partial charge in [-0.15, -0.1) is 0 Å². The number of rotatable bonds is 2. The lowest BCUT2D eigenvalue weighted by Crippen LogP contribution is -2.46. The summed E-state index contributed by atoms with van der Waals surface area (Å²) in [6, 6.07) is 0. The molecule has 7 nitrogen and oxygen atoms in total. The molecule has 0 aliphatic heterocycles. The van der Waals surface area contributed by atoms with Crippen molar-refractivity contribution in [3.8, 4) is 0 Å². The van der Waals surface area contributed by atoms with Crippen LogP contribution in [-0.2, 0) is 9.47 Å². The highest BCUT2D eigenvalue weighted by atomic mass is 79.9. The minimum absolute atomic E-state index is 0.0330. The molecule has 1 aromatic heterocycles. The van der Waals surface area contributed by atoms with Crippen molar-refractivity contribution in [2.45, 2.75) is 59.7 Å². The van der Waals surface area contributed by atoms with Crippen LogP contribution < -0.4 is 15.5 Å². The second-order valence-electron chi connectivity index (χ2n) is 8.89. The molecule has 154 valence electrons. The maximum Gasteiger partial charge on any atom is 0.425 e. The number of imide groups is 1. The predicted molar refractivity (Wildman–Crippen MR) is 111 cm³/mol. The first-order chi connectivity index (χ1) is 12.7. The summed E-state index contributed by atoms with van der Waals surface area (Å²) in [6.07, 6.45) is 5.70. The molecule has 28 heavy (non-hydrogen) atoms. The van der Waals surface area contributed by atoms with E-state index in [0.29, 0.717) is 16.0 Å². The number of hydrogen-bond donors (Lipinski definition) is 0. The number of alkyl halides is 1. The van der Waals surface area contributed by atoms with Crippen LogP contribution in [0.5, 0.6) is 0 Å². The Balaban J connectivity index is 2.62. The number of amides is 2. The van der Waals surface area contributed by atoms with Crippen LogP contribution in [0, 0.1) is 5.41 Å². The van der Waals surface area contributed by atoms with Gasteiger partial charge in [-0.2, -0.15) is 4.90 Å². The van der Waals surface area contributed by atoms with Crippen molar-refractivity contribution in [1.82, 2.24) is 5.16 Å². The maximum absolute atomic E-state index is 12.9. The van der Waals surface area contributed by atoms with Gasteiger partial charge in [0.25, 0.3) is 0 Å². The molecule has 1 aliphatic rings. The van der Waals surface area contributed by atoms with E-state index in [4.69, 9.17) is 14.0 Å². The van der Waals surface area contributed by atoms with Crippen LogP contribution in [0.25, 0.3) is 12.2 Å². The molecule has 0 fully saturated rings. The third kappa shape index (κ3) is 5.47. The lowest BCUT2D eigenvalue weighted by atomic mass is 9.92. The van der Waals surface area contributed by atoms with Crippen molar-refractivity contribution < 1.29 is 23.6 Å². The Morgan fingerprint density at radius 3 is 2.14 bits per heavy atom. The number of carbonyl (C=O) groups excluding carboxylic acids is 2. The number of ether oxygens (including phenoxy) is 2. The van der Waals surface area contributed by atoms with Crippen molar-refractivity contribution in [3.05, 3.63) is 22.8 Å². The van der Waals surface area contributed by atoms with Gasteiger partial charge >= 0.3 is 12.2 Å². The van der Waals surface area contributed by atoms with Gasteiger partial charge in [0.1, 0.15) is 11.2 Å². The molecule has 0 radical (unpaired) electrons. The van der Waals surface area contributed by atoms with Gasteiger partial charge in [-0.1, -0.05) is 46.2 Å². The van der Waals surface area contributed by atoms with Gasteiger partial charge in [0.05, 0.1) is 5.22 Å². The van der Waals surface area contributed by atoms with Gasteiger partial charge in [0.15, 0.2) is 11.2 Å². The minimum Gasteiger partial charge on any atom is -0.443 e. The molecule has 1 heterocycles. The average Bonchev–Trinajstić information content (AvgIpc) is 2.78. The molecule has 0 saturated heterocycles. The Morgan fingerprint density at radius 1 is 1.14 bits per heavy atom. The van der Waals surface area contributed by atoms with E-state index in [2.05, 4.69) is 21.1 Å². The van der Waals surface area contributed by atoms with E-state index in [9.17, 15) is 9.59 Å². The molecule has 0 spiro atoms. The number of carbonyl (C=O) groups is 2. The Labute approximate surface area is 173 Å². The number of halogens is 1. The first kappa shape index (κ1) is 22.2. The third-order valence-corrected chi connectivity index (χ3v) is 4.80. The molecule has 1 aliphatic carbocycles. The number of allylic oxidation sites excluding steroid dienone is 2. The molecule has 1 unspecified atom stereocenters.